The maximum atomic E-state index is 5.39. The SMILES string of the molecule is CC(C)c1nc(C2CCCN2c2nnc(Cc3ccccc3)s2)no1. The van der Waals surface area contributed by atoms with E-state index >= 15 is 0 Å². The fourth-order valence-corrected chi connectivity index (χ4v) is 4.03. The van der Waals surface area contributed by atoms with Crippen LogP contribution in [0.15, 0.2) is 34.9 Å². The van der Waals surface area contributed by atoms with E-state index in [0.29, 0.717) is 5.89 Å². The first-order valence-electron chi connectivity index (χ1n) is 8.67. The summed E-state index contributed by atoms with van der Waals surface area (Å²) in [6.45, 7) is 5.07. The molecule has 2 aromatic heterocycles. The minimum atomic E-state index is 0.133. The average Bonchev–Trinajstić information content (AvgIpc) is 3.35. The van der Waals surface area contributed by atoms with Gasteiger partial charge in [-0.3, -0.25) is 0 Å². The molecule has 1 aromatic carbocycles. The normalized spacial score (nSPS) is 17.6. The molecule has 130 valence electrons. The van der Waals surface area contributed by atoms with E-state index in [9.17, 15) is 0 Å². The molecule has 4 rings (SSSR count). The molecule has 1 saturated heterocycles. The van der Waals surface area contributed by atoms with E-state index in [1.54, 1.807) is 11.3 Å². The molecule has 0 aliphatic carbocycles. The van der Waals surface area contributed by atoms with Gasteiger partial charge in [0.2, 0.25) is 11.0 Å². The van der Waals surface area contributed by atoms with Crippen molar-refractivity contribution in [1.82, 2.24) is 20.3 Å². The highest BCUT2D eigenvalue weighted by Crippen LogP contribution is 2.36. The molecule has 6 nitrogen and oxygen atoms in total. The zero-order valence-electron chi connectivity index (χ0n) is 14.4. The number of hydrogen-bond acceptors (Lipinski definition) is 7. The topological polar surface area (TPSA) is 67.9 Å². The number of hydrogen-bond donors (Lipinski definition) is 0. The van der Waals surface area contributed by atoms with Gasteiger partial charge in [-0.2, -0.15) is 4.98 Å². The van der Waals surface area contributed by atoms with Gasteiger partial charge in [-0.15, -0.1) is 10.2 Å². The van der Waals surface area contributed by atoms with Crippen molar-refractivity contribution in [3.63, 3.8) is 0 Å². The van der Waals surface area contributed by atoms with Crippen molar-refractivity contribution in [3.05, 3.63) is 52.6 Å². The minimum Gasteiger partial charge on any atom is -0.339 e. The summed E-state index contributed by atoms with van der Waals surface area (Å²) in [6.07, 6.45) is 2.94. The van der Waals surface area contributed by atoms with Crippen molar-refractivity contribution >= 4 is 16.5 Å². The average molecular weight is 355 g/mol. The van der Waals surface area contributed by atoms with Gasteiger partial charge in [0, 0.05) is 18.9 Å². The molecule has 1 aliphatic rings. The van der Waals surface area contributed by atoms with Crippen molar-refractivity contribution in [2.45, 2.75) is 45.1 Å². The van der Waals surface area contributed by atoms with Gasteiger partial charge in [0.15, 0.2) is 5.82 Å². The van der Waals surface area contributed by atoms with Crippen LogP contribution in [-0.4, -0.2) is 26.9 Å². The largest absolute Gasteiger partial charge is 0.339 e. The van der Waals surface area contributed by atoms with E-state index in [1.807, 2.05) is 6.07 Å². The van der Waals surface area contributed by atoms with Crippen molar-refractivity contribution in [2.75, 3.05) is 11.4 Å². The van der Waals surface area contributed by atoms with Gasteiger partial charge < -0.3 is 9.42 Å². The zero-order chi connectivity index (χ0) is 17.2. The van der Waals surface area contributed by atoms with Crippen LogP contribution >= 0.6 is 11.3 Å². The monoisotopic (exact) mass is 355 g/mol. The maximum Gasteiger partial charge on any atom is 0.229 e. The van der Waals surface area contributed by atoms with E-state index in [4.69, 9.17) is 4.52 Å². The van der Waals surface area contributed by atoms with Crippen LogP contribution in [0.4, 0.5) is 5.13 Å². The number of rotatable bonds is 5. The van der Waals surface area contributed by atoms with Crippen molar-refractivity contribution in [2.24, 2.45) is 0 Å². The van der Waals surface area contributed by atoms with Gasteiger partial charge in [-0.05, 0) is 18.4 Å². The summed E-state index contributed by atoms with van der Waals surface area (Å²) in [5, 5.41) is 15.0. The molecular formula is C18H21N5OS. The molecule has 0 radical (unpaired) electrons. The van der Waals surface area contributed by atoms with E-state index in [1.165, 1.54) is 5.56 Å². The lowest BCUT2D eigenvalue weighted by Gasteiger charge is -2.20. The Hall–Kier alpha value is -2.28. The Morgan fingerprint density at radius 3 is 2.84 bits per heavy atom. The van der Waals surface area contributed by atoms with Gasteiger partial charge >= 0.3 is 0 Å². The number of nitrogens with zero attached hydrogens (tertiary/aromatic N) is 5. The summed E-state index contributed by atoms with van der Waals surface area (Å²) in [7, 11) is 0. The first-order chi connectivity index (χ1) is 12.2. The van der Waals surface area contributed by atoms with Crippen LogP contribution in [0, 0.1) is 0 Å². The molecule has 1 aliphatic heterocycles. The summed E-state index contributed by atoms with van der Waals surface area (Å²) in [5.74, 6) is 1.71. The first-order valence-corrected chi connectivity index (χ1v) is 9.49. The van der Waals surface area contributed by atoms with E-state index in [2.05, 4.69) is 63.4 Å². The Kier molecular flexibility index (Phi) is 4.48. The quantitative estimate of drug-likeness (QED) is 0.690. The second-order valence-corrected chi connectivity index (χ2v) is 7.68. The lowest BCUT2D eigenvalue weighted by molar-refractivity contribution is 0.358. The standard InChI is InChI=1S/C18H21N5OS/c1-12(2)17-19-16(22-24-17)14-9-6-10-23(14)18-21-20-15(25-18)11-13-7-4-3-5-8-13/h3-5,7-8,12,14H,6,9-11H2,1-2H3. The van der Waals surface area contributed by atoms with Crippen molar-refractivity contribution in [3.8, 4) is 0 Å². The van der Waals surface area contributed by atoms with Gasteiger partial charge in [0.25, 0.3) is 0 Å². The molecule has 0 bridgehead atoms. The molecule has 0 saturated carbocycles. The summed E-state index contributed by atoms with van der Waals surface area (Å²) in [5.41, 5.74) is 1.25. The summed E-state index contributed by atoms with van der Waals surface area (Å²) in [4.78, 5) is 6.84. The number of benzene rings is 1. The molecule has 3 heterocycles. The van der Waals surface area contributed by atoms with Gasteiger partial charge in [0.05, 0.1) is 6.04 Å². The van der Waals surface area contributed by atoms with Gasteiger partial charge in [0.1, 0.15) is 5.01 Å². The molecule has 1 fully saturated rings. The molecule has 0 N–H and O–H groups in total. The number of aromatic nitrogens is 4. The van der Waals surface area contributed by atoms with Crippen molar-refractivity contribution in [1.29, 1.82) is 0 Å². The molecule has 1 atom stereocenters. The van der Waals surface area contributed by atoms with Gasteiger partial charge in [-0.25, -0.2) is 0 Å². The molecule has 0 amide bonds. The van der Waals surface area contributed by atoms with Crippen LogP contribution in [0.25, 0.3) is 0 Å². The van der Waals surface area contributed by atoms with Crippen molar-refractivity contribution < 1.29 is 4.52 Å². The van der Waals surface area contributed by atoms with Crippen LogP contribution in [-0.2, 0) is 6.42 Å². The van der Waals surface area contributed by atoms with E-state index < -0.39 is 0 Å². The van der Waals surface area contributed by atoms with E-state index in [0.717, 1.165) is 41.8 Å². The summed E-state index contributed by atoms with van der Waals surface area (Å²) < 4.78 is 5.39. The Morgan fingerprint density at radius 1 is 1.24 bits per heavy atom. The maximum absolute atomic E-state index is 5.39. The van der Waals surface area contributed by atoms with E-state index in [-0.39, 0.29) is 12.0 Å². The van der Waals surface area contributed by atoms with Gasteiger partial charge in [-0.1, -0.05) is 60.7 Å². The van der Waals surface area contributed by atoms with Crippen LogP contribution < -0.4 is 4.90 Å². The molecular weight excluding hydrogens is 334 g/mol. The lowest BCUT2D eigenvalue weighted by Crippen LogP contribution is -2.23. The fraction of sp³-hybridized carbons (Fsp3) is 0.444. The summed E-state index contributed by atoms with van der Waals surface area (Å²) >= 11 is 1.65. The zero-order valence-corrected chi connectivity index (χ0v) is 15.2. The smallest absolute Gasteiger partial charge is 0.229 e. The Morgan fingerprint density at radius 2 is 2.08 bits per heavy atom. The third-order valence-electron chi connectivity index (χ3n) is 4.40. The highest BCUT2D eigenvalue weighted by atomic mass is 32.1. The highest BCUT2D eigenvalue weighted by molar-refractivity contribution is 7.15. The fourth-order valence-electron chi connectivity index (χ4n) is 3.08. The third-order valence-corrected chi connectivity index (χ3v) is 5.36. The highest BCUT2D eigenvalue weighted by Gasteiger charge is 2.32. The third kappa shape index (κ3) is 3.42. The Labute approximate surface area is 150 Å². The first kappa shape index (κ1) is 16.2. The number of anilines is 1. The Bertz CT molecular complexity index is 829. The molecule has 7 heteroatoms. The predicted molar refractivity (Wildman–Crippen MR) is 96.9 cm³/mol. The Balaban J connectivity index is 1.52. The second-order valence-electron chi connectivity index (χ2n) is 6.64. The lowest BCUT2D eigenvalue weighted by atomic mass is 10.2. The van der Waals surface area contributed by atoms with Crippen LogP contribution in [0.3, 0.4) is 0 Å². The summed E-state index contributed by atoms with van der Waals surface area (Å²) in [6, 6.07) is 10.5. The van der Waals surface area contributed by atoms with Crippen LogP contribution in [0.2, 0.25) is 0 Å². The second kappa shape index (κ2) is 6.92. The molecule has 0 spiro atoms. The molecule has 1 unspecified atom stereocenters. The van der Waals surface area contributed by atoms with Crippen LogP contribution in [0.5, 0.6) is 0 Å². The minimum absolute atomic E-state index is 0.133. The molecule has 25 heavy (non-hydrogen) atoms. The molecule has 3 aromatic rings. The van der Waals surface area contributed by atoms with Crippen LogP contribution in [0.1, 0.15) is 60.9 Å². The predicted octanol–water partition coefficient (Wildman–Crippen LogP) is 3.98.